The molecule has 1 heterocycles. The average molecular weight is 210 g/mol. The summed E-state index contributed by atoms with van der Waals surface area (Å²) in [7, 11) is 0. The molecule has 0 radical (unpaired) electrons. The summed E-state index contributed by atoms with van der Waals surface area (Å²) in [6.45, 7) is 6.62. The Labute approximate surface area is 92.7 Å². The first-order valence-corrected chi connectivity index (χ1v) is 6.11. The quantitative estimate of drug-likeness (QED) is 0.381. The SMILES string of the molecule is C=C1C(=O)OCCC1CCCCCCC. The highest BCUT2D eigenvalue weighted by molar-refractivity contribution is 5.88. The maximum Gasteiger partial charge on any atom is 0.333 e. The van der Waals surface area contributed by atoms with Crippen molar-refractivity contribution in [3.63, 3.8) is 0 Å². The zero-order valence-corrected chi connectivity index (χ0v) is 9.76. The van der Waals surface area contributed by atoms with E-state index in [0.29, 0.717) is 18.1 Å². The lowest BCUT2D eigenvalue weighted by atomic mass is 9.89. The summed E-state index contributed by atoms with van der Waals surface area (Å²) in [5.74, 6) is 0.202. The van der Waals surface area contributed by atoms with Crippen LogP contribution in [-0.2, 0) is 9.53 Å². The van der Waals surface area contributed by atoms with E-state index in [1.807, 2.05) is 0 Å². The molecule has 15 heavy (non-hydrogen) atoms. The van der Waals surface area contributed by atoms with E-state index in [-0.39, 0.29) is 5.97 Å². The summed E-state index contributed by atoms with van der Waals surface area (Å²) in [5.41, 5.74) is 0.691. The molecule has 0 amide bonds. The van der Waals surface area contributed by atoms with Gasteiger partial charge in [0.2, 0.25) is 0 Å². The Hall–Kier alpha value is -0.790. The van der Waals surface area contributed by atoms with Crippen LogP contribution in [-0.4, -0.2) is 12.6 Å². The molecule has 1 aliphatic rings. The molecule has 0 saturated carbocycles. The van der Waals surface area contributed by atoms with E-state index in [9.17, 15) is 4.79 Å². The summed E-state index contributed by atoms with van der Waals surface area (Å²) in [5, 5.41) is 0. The van der Waals surface area contributed by atoms with E-state index < -0.39 is 0 Å². The number of unbranched alkanes of at least 4 members (excludes halogenated alkanes) is 4. The van der Waals surface area contributed by atoms with Gasteiger partial charge in [-0.25, -0.2) is 4.79 Å². The fourth-order valence-corrected chi connectivity index (χ4v) is 2.04. The van der Waals surface area contributed by atoms with Crippen molar-refractivity contribution in [2.24, 2.45) is 5.92 Å². The molecule has 1 saturated heterocycles. The smallest absolute Gasteiger partial charge is 0.333 e. The highest BCUT2D eigenvalue weighted by atomic mass is 16.5. The first-order valence-electron chi connectivity index (χ1n) is 6.11. The van der Waals surface area contributed by atoms with Gasteiger partial charge in [-0.3, -0.25) is 0 Å². The average Bonchev–Trinajstić information content (AvgIpc) is 2.24. The third kappa shape index (κ3) is 4.06. The van der Waals surface area contributed by atoms with Crippen LogP contribution in [0.2, 0.25) is 0 Å². The molecule has 0 aliphatic carbocycles. The Morgan fingerprint density at radius 2 is 2.07 bits per heavy atom. The molecule has 1 unspecified atom stereocenters. The second-order valence-electron chi connectivity index (χ2n) is 4.35. The van der Waals surface area contributed by atoms with Gasteiger partial charge in [0.15, 0.2) is 0 Å². The third-order valence-electron chi connectivity index (χ3n) is 3.11. The molecule has 1 fully saturated rings. The van der Waals surface area contributed by atoms with Crippen molar-refractivity contribution in [3.8, 4) is 0 Å². The topological polar surface area (TPSA) is 26.3 Å². The fraction of sp³-hybridized carbons (Fsp3) is 0.769. The number of rotatable bonds is 6. The summed E-state index contributed by atoms with van der Waals surface area (Å²) in [6, 6.07) is 0. The summed E-state index contributed by atoms with van der Waals surface area (Å²) < 4.78 is 4.93. The molecular weight excluding hydrogens is 188 g/mol. The van der Waals surface area contributed by atoms with Gasteiger partial charge in [-0.05, 0) is 18.8 Å². The molecule has 0 N–H and O–H groups in total. The predicted octanol–water partition coefficient (Wildman–Crippen LogP) is 3.47. The normalized spacial score (nSPS) is 21.5. The molecule has 0 aromatic carbocycles. The van der Waals surface area contributed by atoms with Crippen LogP contribution in [0.25, 0.3) is 0 Å². The van der Waals surface area contributed by atoms with Crippen LogP contribution in [0.5, 0.6) is 0 Å². The number of cyclic esters (lactones) is 1. The molecular formula is C13H22O2. The lowest BCUT2D eigenvalue weighted by Crippen LogP contribution is -2.23. The van der Waals surface area contributed by atoms with E-state index in [4.69, 9.17) is 4.74 Å². The maximum absolute atomic E-state index is 11.2. The van der Waals surface area contributed by atoms with E-state index in [1.165, 1.54) is 32.1 Å². The van der Waals surface area contributed by atoms with Gasteiger partial charge >= 0.3 is 5.97 Å². The lowest BCUT2D eigenvalue weighted by Gasteiger charge is -2.23. The van der Waals surface area contributed by atoms with E-state index in [2.05, 4.69) is 13.5 Å². The monoisotopic (exact) mass is 210 g/mol. The van der Waals surface area contributed by atoms with Gasteiger partial charge in [-0.1, -0.05) is 45.6 Å². The van der Waals surface area contributed by atoms with Gasteiger partial charge in [0.1, 0.15) is 0 Å². The number of ether oxygens (including phenoxy) is 1. The number of esters is 1. The molecule has 1 rings (SSSR count). The fourth-order valence-electron chi connectivity index (χ4n) is 2.04. The second kappa shape index (κ2) is 6.65. The van der Waals surface area contributed by atoms with Gasteiger partial charge in [-0.2, -0.15) is 0 Å². The van der Waals surface area contributed by atoms with Gasteiger partial charge < -0.3 is 4.74 Å². The van der Waals surface area contributed by atoms with E-state index in [0.717, 1.165) is 12.8 Å². The summed E-state index contributed by atoms with van der Waals surface area (Å²) in [4.78, 5) is 11.2. The molecule has 0 aromatic heterocycles. The zero-order chi connectivity index (χ0) is 11.1. The van der Waals surface area contributed by atoms with Crippen LogP contribution >= 0.6 is 0 Å². The Morgan fingerprint density at radius 3 is 2.80 bits per heavy atom. The van der Waals surface area contributed by atoms with Crippen LogP contribution in [0.3, 0.4) is 0 Å². The molecule has 1 aliphatic heterocycles. The minimum Gasteiger partial charge on any atom is -0.462 e. The molecule has 86 valence electrons. The van der Waals surface area contributed by atoms with E-state index >= 15 is 0 Å². The van der Waals surface area contributed by atoms with Crippen molar-refractivity contribution in [2.45, 2.75) is 51.9 Å². The van der Waals surface area contributed by atoms with Crippen molar-refractivity contribution in [1.29, 1.82) is 0 Å². The zero-order valence-electron chi connectivity index (χ0n) is 9.76. The summed E-state index contributed by atoms with van der Waals surface area (Å²) >= 11 is 0. The Morgan fingerprint density at radius 1 is 1.33 bits per heavy atom. The maximum atomic E-state index is 11.2. The van der Waals surface area contributed by atoms with Crippen molar-refractivity contribution in [3.05, 3.63) is 12.2 Å². The van der Waals surface area contributed by atoms with Crippen molar-refractivity contribution in [2.75, 3.05) is 6.61 Å². The molecule has 0 spiro atoms. The van der Waals surface area contributed by atoms with Crippen molar-refractivity contribution in [1.82, 2.24) is 0 Å². The number of hydrogen-bond acceptors (Lipinski definition) is 2. The predicted molar refractivity (Wildman–Crippen MR) is 61.6 cm³/mol. The third-order valence-corrected chi connectivity index (χ3v) is 3.11. The Balaban J connectivity index is 2.14. The number of carbonyl (C=O) groups is 1. The first kappa shape index (κ1) is 12.3. The Kier molecular flexibility index (Phi) is 5.44. The Bertz CT molecular complexity index is 221. The van der Waals surface area contributed by atoms with Crippen LogP contribution in [0.15, 0.2) is 12.2 Å². The number of hydrogen-bond donors (Lipinski definition) is 0. The first-order chi connectivity index (χ1) is 7.25. The van der Waals surface area contributed by atoms with Crippen molar-refractivity contribution >= 4 is 5.97 Å². The minimum atomic E-state index is -0.181. The van der Waals surface area contributed by atoms with Crippen molar-refractivity contribution < 1.29 is 9.53 Å². The second-order valence-corrected chi connectivity index (χ2v) is 4.35. The molecule has 1 atom stereocenters. The molecule has 0 bridgehead atoms. The van der Waals surface area contributed by atoms with Crippen LogP contribution in [0, 0.1) is 5.92 Å². The molecule has 2 nitrogen and oxygen atoms in total. The van der Waals surface area contributed by atoms with E-state index in [1.54, 1.807) is 0 Å². The van der Waals surface area contributed by atoms with Gasteiger partial charge in [0.25, 0.3) is 0 Å². The minimum absolute atomic E-state index is 0.181. The standard InChI is InChI=1S/C13H22O2/c1-3-4-5-6-7-8-12-9-10-15-13(14)11(12)2/h12H,2-10H2,1H3. The van der Waals surface area contributed by atoms with Crippen LogP contribution in [0.1, 0.15) is 51.9 Å². The summed E-state index contributed by atoms with van der Waals surface area (Å²) in [6.07, 6.45) is 8.51. The highest BCUT2D eigenvalue weighted by Crippen LogP contribution is 2.26. The molecule has 0 aromatic rings. The lowest BCUT2D eigenvalue weighted by molar-refractivity contribution is -0.142. The molecule has 2 heteroatoms. The van der Waals surface area contributed by atoms with Crippen LogP contribution < -0.4 is 0 Å². The highest BCUT2D eigenvalue weighted by Gasteiger charge is 2.24. The van der Waals surface area contributed by atoms with Gasteiger partial charge in [0, 0.05) is 5.57 Å². The van der Waals surface area contributed by atoms with Gasteiger partial charge in [0.05, 0.1) is 6.61 Å². The number of carbonyl (C=O) groups excluding carboxylic acids is 1. The van der Waals surface area contributed by atoms with Crippen LogP contribution in [0.4, 0.5) is 0 Å². The van der Waals surface area contributed by atoms with Gasteiger partial charge in [-0.15, -0.1) is 0 Å². The largest absolute Gasteiger partial charge is 0.462 e.